The lowest BCUT2D eigenvalue weighted by Gasteiger charge is -2.14. The van der Waals surface area contributed by atoms with E-state index in [-0.39, 0.29) is 24.8 Å². The number of carboxylic acids is 1. The zero-order valence-electron chi connectivity index (χ0n) is 15.1. The highest BCUT2D eigenvalue weighted by Crippen LogP contribution is 2.32. The number of aryl methyl sites for hydroxylation is 1. The second-order valence-corrected chi connectivity index (χ2v) is 7.85. The number of carbonyl (C=O) groups is 3. The Labute approximate surface area is 168 Å². The monoisotopic (exact) mass is 406 g/mol. The molecular formula is C19H22N2O4S2. The zero-order valence-corrected chi connectivity index (χ0v) is 16.7. The Hall–Kier alpha value is -2.19. The number of amides is 2. The molecule has 0 aliphatic carbocycles. The normalized spacial score (nSPS) is 15.4. The predicted molar refractivity (Wildman–Crippen MR) is 110 cm³/mol. The summed E-state index contributed by atoms with van der Waals surface area (Å²) in [5, 5.41) is 11.3. The molecule has 6 nitrogen and oxygen atoms in total. The number of thiocarbonyl (C=S) groups is 1. The molecule has 1 aromatic rings. The lowest BCUT2D eigenvalue weighted by atomic mass is 10.1. The molecule has 2 amide bonds. The number of benzene rings is 1. The van der Waals surface area contributed by atoms with Gasteiger partial charge in [0.2, 0.25) is 5.91 Å². The fourth-order valence-electron chi connectivity index (χ4n) is 2.53. The van der Waals surface area contributed by atoms with Crippen LogP contribution in [0.15, 0.2) is 29.2 Å². The maximum Gasteiger partial charge on any atom is 0.303 e. The summed E-state index contributed by atoms with van der Waals surface area (Å²) in [6.07, 6.45) is 3.95. The van der Waals surface area contributed by atoms with Crippen LogP contribution in [-0.4, -0.2) is 45.2 Å². The smallest absolute Gasteiger partial charge is 0.303 e. The van der Waals surface area contributed by atoms with Gasteiger partial charge in [0.25, 0.3) is 5.91 Å². The minimum atomic E-state index is -0.813. The van der Waals surface area contributed by atoms with Gasteiger partial charge in [0.05, 0.1) is 4.91 Å². The SMILES string of the molecule is Cc1ccccc1/C=C1\SC(=S)N(CC(=O)NCCCCCC(=O)O)C1=O. The van der Waals surface area contributed by atoms with Crippen molar-refractivity contribution in [2.24, 2.45) is 0 Å². The van der Waals surface area contributed by atoms with Gasteiger partial charge in [-0.15, -0.1) is 0 Å². The van der Waals surface area contributed by atoms with E-state index in [4.69, 9.17) is 17.3 Å². The standard InChI is InChI=1S/C19H22N2O4S2/c1-13-7-4-5-8-14(13)11-15-18(25)21(19(26)27-15)12-16(22)20-10-6-2-3-9-17(23)24/h4-5,7-8,11H,2-3,6,9-10,12H2,1H3,(H,20,22)(H,23,24)/b15-11-. The number of unbranched alkanes of at least 4 members (excludes halogenated alkanes) is 2. The van der Waals surface area contributed by atoms with Gasteiger partial charge in [-0.05, 0) is 37.0 Å². The molecule has 1 saturated heterocycles. The topological polar surface area (TPSA) is 86.7 Å². The number of hydrogen-bond donors (Lipinski definition) is 2. The molecule has 1 fully saturated rings. The van der Waals surface area contributed by atoms with E-state index in [2.05, 4.69) is 5.32 Å². The zero-order chi connectivity index (χ0) is 19.8. The Kier molecular flexibility index (Phi) is 7.99. The van der Waals surface area contributed by atoms with Crippen LogP contribution in [0.2, 0.25) is 0 Å². The summed E-state index contributed by atoms with van der Waals surface area (Å²) in [6.45, 7) is 2.31. The molecule has 1 aliphatic heterocycles. The van der Waals surface area contributed by atoms with Crippen molar-refractivity contribution in [2.75, 3.05) is 13.1 Å². The number of carbonyl (C=O) groups excluding carboxylic acids is 2. The van der Waals surface area contributed by atoms with E-state index in [0.29, 0.717) is 28.6 Å². The number of nitrogens with zero attached hydrogens (tertiary/aromatic N) is 1. The first-order chi connectivity index (χ1) is 12.9. The van der Waals surface area contributed by atoms with Gasteiger partial charge in [-0.1, -0.05) is 54.7 Å². The van der Waals surface area contributed by atoms with Gasteiger partial charge in [-0.25, -0.2) is 0 Å². The van der Waals surface area contributed by atoms with E-state index in [0.717, 1.165) is 17.5 Å². The molecule has 1 aliphatic rings. The van der Waals surface area contributed by atoms with Crippen LogP contribution in [0.25, 0.3) is 6.08 Å². The third-order valence-corrected chi connectivity index (χ3v) is 5.42. The maximum atomic E-state index is 12.6. The fourth-order valence-corrected chi connectivity index (χ4v) is 3.78. The van der Waals surface area contributed by atoms with Crippen molar-refractivity contribution in [2.45, 2.75) is 32.6 Å². The van der Waals surface area contributed by atoms with E-state index in [1.165, 1.54) is 16.7 Å². The Balaban J connectivity index is 1.84. The first-order valence-electron chi connectivity index (χ1n) is 8.68. The number of rotatable bonds is 9. The van der Waals surface area contributed by atoms with Crippen molar-refractivity contribution in [3.05, 3.63) is 40.3 Å². The van der Waals surface area contributed by atoms with Gasteiger partial charge in [-0.3, -0.25) is 19.3 Å². The highest BCUT2D eigenvalue weighted by atomic mass is 32.2. The highest BCUT2D eigenvalue weighted by Gasteiger charge is 2.33. The van der Waals surface area contributed by atoms with Crippen molar-refractivity contribution < 1.29 is 19.5 Å². The summed E-state index contributed by atoms with van der Waals surface area (Å²) in [5.41, 5.74) is 2.01. The molecule has 0 aromatic heterocycles. The molecule has 0 unspecified atom stereocenters. The number of nitrogens with one attached hydrogen (secondary N) is 1. The van der Waals surface area contributed by atoms with E-state index >= 15 is 0 Å². The summed E-state index contributed by atoms with van der Waals surface area (Å²) >= 11 is 6.45. The van der Waals surface area contributed by atoms with Crippen LogP contribution in [-0.2, 0) is 14.4 Å². The molecule has 8 heteroatoms. The molecule has 1 heterocycles. The molecular weight excluding hydrogens is 384 g/mol. The van der Waals surface area contributed by atoms with E-state index < -0.39 is 5.97 Å². The molecule has 0 spiro atoms. The highest BCUT2D eigenvalue weighted by molar-refractivity contribution is 8.26. The predicted octanol–water partition coefficient (Wildman–Crippen LogP) is 2.96. The lowest BCUT2D eigenvalue weighted by molar-refractivity contribution is -0.137. The first-order valence-corrected chi connectivity index (χ1v) is 9.90. The minimum Gasteiger partial charge on any atom is -0.481 e. The van der Waals surface area contributed by atoms with Crippen molar-refractivity contribution >= 4 is 52.2 Å². The minimum absolute atomic E-state index is 0.106. The molecule has 2 N–H and O–H groups in total. The summed E-state index contributed by atoms with van der Waals surface area (Å²) in [4.78, 5) is 36.9. The molecule has 0 radical (unpaired) electrons. The second-order valence-electron chi connectivity index (χ2n) is 6.18. The van der Waals surface area contributed by atoms with E-state index in [1.54, 1.807) is 6.08 Å². The Morgan fingerprint density at radius 2 is 2.00 bits per heavy atom. The molecule has 2 rings (SSSR count). The Morgan fingerprint density at radius 1 is 1.26 bits per heavy atom. The summed E-state index contributed by atoms with van der Waals surface area (Å²) in [6, 6.07) is 7.74. The molecule has 0 saturated carbocycles. The van der Waals surface area contributed by atoms with E-state index in [9.17, 15) is 14.4 Å². The number of thioether (sulfide) groups is 1. The van der Waals surface area contributed by atoms with Crippen molar-refractivity contribution in [3.63, 3.8) is 0 Å². The lowest BCUT2D eigenvalue weighted by Crippen LogP contribution is -2.39. The first kappa shape index (κ1) is 21.1. The van der Waals surface area contributed by atoms with Gasteiger partial charge < -0.3 is 10.4 Å². The van der Waals surface area contributed by atoms with Crippen molar-refractivity contribution in [1.82, 2.24) is 10.2 Å². The van der Waals surface area contributed by atoms with Crippen LogP contribution in [0.1, 0.15) is 36.8 Å². The number of hydrogen-bond acceptors (Lipinski definition) is 5. The van der Waals surface area contributed by atoms with Crippen LogP contribution in [0.5, 0.6) is 0 Å². The van der Waals surface area contributed by atoms with Crippen molar-refractivity contribution in [3.8, 4) is 0 Å². The van der Waals surface area contributed by atoms with Gasteiger partial charge >= 0.3 is 5.97 Å². The van der Waals surface area contributed by atoms with Gasteiger partial charge in [0.15, 0.2) is 0 Å². The third-order valence-electron chi connectivity index (χ3n) is 4.04. The van der Waals surface area contributed by atoms with Crippen LogP contribution in [0.4, 0.5) is 0 Å². The average molecular weight is 407 g/mol. The molecule has 1 aromatic carbocycles. The average Bonchev–Trinajstić information content (AvgIpc) is 2.87. The summed E-state index contributed by atoms with van der Waals surface area (Å²) in [7, 11) is 0. The molecule has 144 valence electrons. The van der Waals surface area contributed by atoms with Crippen LogP contribution in [0.3, 0.4) is 0 Å². The van der Waals surface area contributed by atoms with Crippen LogP contribution in [0, 0.1) is 6.92 Å². The number of aliphatic carboxylic acids is 1. The second kappa shape index (κ2) is 10.2. The Bertz CT molecular complexity index is 777. The molecule has 0 bridgehead atoms. The Morgan fingerprint density at radius 3 is 2.70 bits per heavy atom. The van der Waals surface area contributed by atoms with Gasteiger partial charge in [0, 0.05) is 13.0 Å². The van der Waals surface area contributed by atoms with E-state index in [1.807, 2.05) is 31.2 Å². The van der Waals surface area contributed by atoms with Crippen LogP contribution < -0.4 is 5.32 Å². The van der Waals surface area contributed by atoms with Crippen molar-refractivity contribution in [1.29, 1.82) is 0 Å². The van der Waals surface area contributed by atoms with Crippen LogP contribution >= 0.6 is 24.0 Å². The third kappa shape index (κ3) is 6.48. The fraction of sp³-hybridized carbons (Fsp3) is 0.368. The molecule has 27 heavy (non-hydrogen) atoms. The summed E-state index contributed by atoms with van der Waals surface area (Å²) < 4.78 is 0.372. The largest absolute Gasteiger partial charge is 0.481 e. The quantitative estimate of drug-likeness (QED) is 0.372. The number of carboxylic acid groups (broad SMARTS) is 1. The van der Waals surface area contributed by atoms with Gasteiger partial charge in [-0.2, -0.15) is 0 Å². The molecule has 0 atom stereocenters. The van der Waals surface area contributed by atoms with Gasteiger partial charge in [0.1, 0.15) is 10.9 Å². The summed E-state index contributed by atoms with van der Waals surface area (Å²) in [5.74, 6) is -1.35. The maximum absolute atomic E-state index is 12.6.